The number of hydrogen-bond acceptors (Lipinski definition) is 4. The van der Waals surface area contributed by atoms with Crippen LogP contribution in [0.2, 0.25) is 0 Å². The lowest BCUT2D eigenvalue weighted by molar-refractivity contribution is -0.153. The van der Waals surface area contributed by atoms with Gasteiger partial charge in [0.05, 0.1) is 6.10 Å². The average molecular weight is 358 g/mol. The van der Waals surface area contributed by atoms with Crippen molar-refractivity contribution in [1.82, 2.24) is 10.2 Å². The van der Waals surface area contributed by atoms with Gasteiger partial charge in [0.25, 0.3) is 0 Å². The summed E-state index contributed by atoms with van der Waals surface area (Å²) in [6, 6.07) is 7.60. The van der Waals surface area contributed by atoms with Gasteiger partial charge in [0.15, 0.2) is 6.61 Å². The second-order valence-corrected chi connectivity index (χ2v) is 6.97. The second-order valence-electron chi connectivity index (χ2n) is 6.97. The number of rotatable bonds is 6. The van der Waals surface area contributed by atoms with E-state index in [1.165, 1.54) is 6.42 Å². The minimum atomic E-state index is -4.32. The smallest absolute Gasteiger partial charge is 0.422 e. The van der Waals surface area contributed by atoms with Gasteiger partial charge in [0, 0.05) is 31.7 Å². The van der Waals surface area contributed by atoms with Crippen molar-refractivity contribution in [2.24, 2.45) is 0 Å². The summed E-state index contributed by atoms with van der Waals surface area (Å²) in [7, 11) is 0. The minimum Gasteiger partial charge on any atom is -0.484 e. The van der Waals surface area contributed by atoms with E-state index in [-0.39, 0.29) is 11.9 Å². The molecule has 2 aliphatic rings. The number of nitrogens with one attached hydrogen (secondary N) is 1. The fourth-order valence-corrected chi connectivity index (χ4v) is 3.80. The normalized spacial score (nSPS) is 27.8. The van der Waals surface area contributed by atoms with Gasteiger partial charge >= 0.3 is 6.18 Å². The van der Waals surface area contributed by atoms with E-state index in [0.29, 0.717) is 18.6 Å². The Hall–Kier alpha value is -1.31. The summed E-state index contributed by atoms with van der Waals surface area (Å²) in [5, 5.41) is 13.3. The molecule has 1 heterocycles. The highest BCUT2D eigenvalue weighted by molar-refractivity contribution is 5.27. The van der Waals surface area contributed by atoms with Gasteiger partial charge in [-0.25, -0.2) is 0 Å². The second kappa shape index (κ2) is 7.93. The molecule has 0 radical (unpaired) electrons. The van der Waals surface area contributed by atoms with Crippen molar-refractivity contribution in [1.29, 1.82) is 0 Å². The van der Waals surface area contributed by atoms with Crippen molar-refractivity contribution in [2.45, 2.75) is 56.6 Å². The Labute approximate surface area is 146 Å². The largest absolute Gasteiger partial charge is 0.484 e. The molecular formula is C18H25F3N2O2. The third-order valence-electron chi connectivity index (χ3n) is 5.04. The zero-order valence-electron chi connectivity index (χ0n) is 14.1. The maximum absolute atomic E-state index is 12.1. The topological polar surface area (TPSA) is 44.7 Å². The van der Waals surface area contributed by atoms with Gasteiger partial charge in [-0.2, -0.15) is 13.2 Å². The fourth-order valence-electron chi connectivity index (χ4n) is 3.80. The van der Waals surface area contributed by atoms with E-state index in [2.05, 4.69) is 10.2 Å². The average Bonchev–Trinajstić information content (AvgIpc) is 3.19. The third kappa shape index (κ3) is 5.33. The Kier molecular flexibility index (Phi) is 5.86. The molecule has 2 fully saturated rings. The monoisotopic (exact) mass is 358 g/mol. The van der Waals surface area contributed by atoms with Crippen molar-refractivity contribution in [3.05, 3.63) is 29.8 Å². The molecule has 140 valence electrons. The molecule has 1 aliphatic carbocycles. The summed E-state index contributed by atoms with van der Waals surface area (Å²) in [6.45, 7) is 1.12. The lowest BCUT2D eigenvalue weighted by Crippen LogP contribution is -2.46. The van der Waals surface area contributed by atoms with Crippen LogP contribution in [0.1, 0.15) is 31.2 Å². The molecule has 1 aliphatic heterocycles. The van der Waals surface area contributed by atoms with Crippen LogP contribution in [0.25, 0.3) is 0 Å². The van der Waals surface area contributed by atoms with Crippen molar-refractivity contribution >= 4 is 0 Å². The molecule has 1 aromatic rings. The number of hydrogen-bond donors (Lipinski definition) is 2. The Bertz CT molecular complexity index is 550. The summed E-state index contributed by atoms with van der Waals surface area (Å²) in [4.78, 5) is 2.38. The van der Waals surface area contributed by atoms with E-state index >= 15 is 0 Å². The van der Waals surface area contributed by atoms with Crippen molar-refractivity contribution < 1.29 is 23.0 Å². The predicted octanol–water partition coefficient (Wildman–Crippen LogP) is 2.71. The Morgan fingerprint density at radius 2 is 1.92 bits per heavy atom. The summed E-state index contributed by atoms with van der Waals surface area (Å²) in [6.07, 6.45) is -0.230. The number of benzene rings is 1. The van der Waals surface area contributed by atoms with Gasteiger partial charge in [-0.1, -0.05) is 18.6 Å². The molecule has 3 atom stereocenters. The van der Waals surface area contributed by atoms with Gasteiger partial charge < -0.3 is 15.2 Å². The van der Waals surface area contributed by atoms with E-state index in [1.54, 1.807) is 24.3 Å². The van der Waals surface area contributed by atoms with E-state index in [1.807, 2.05) is 0 Å². The first-order chi connectivity index (χ1) is 11.9. The zero-order chi connectivity index (χ0) is 17.9. The first-order valence-electron chi connectivity index (χ1n) is 8.85. The van der Waals surface area contributed by atoms with Crippen LogP contribution in [0.5, 0.6) is 5.75 Å². The van der Waals surface area contributed by atoms with Crippen LogP contribution in [0.4, 0.5) is 13.2 Å². The van der Waals surface area contributed by atoms with Gasteiger partial charge in [-0.15, -0.1) is 0 Å². The van der Waals surface area contributed by atoms with E-state index in [9.17, 15) is 18.3 Å². The van der Waals surface area contributed by atoms with Gasteiger partial charge in [0.2, 0.25) is 0 Å². The Morgan fingerprint density at radius 3 is 2.56 bits per heavy atom. The first kappa shape index (κ1) is 18.5. The van der Waals surface area contributed by atoms with Crippen LogP contribution < -0.4 is 10.1 Å². The van der Waals surface area contributed by atoms with Crippen LogP contribution in [0, 0.1) is 0 Å². The van der Waals surface area contributed by atoms with Gasteiger partial charge in [0.1, 0.15) is 5.75 Å². The molecule has 2 N–H and O–H groups in total. The van der Waals surface area contributed by atoms with Crippen LogP contribution >= 0.6 is 0 Å². The molecule has 0 spiro atoms. The number of nitrogens with zero attached hydrogens (tertiary/aromatic N) is 1. The van der Waals surface area contributed by atoms with Crippen molar-refractivity contribution in [3.63, 3.8) is 0 Å². The summed E-state index contributed by atoms with van der Waals surface area (Å²) in [5.74, 6) is 0.228. The van der Waals surface area contributed by atoms with Crippen molar-refractivity contribution in [2.75, 3.05) is 19.7 Å². The lowest BCUT2D eigenvalue weighted by atomic mass is 10.1. The van der Waals surface area contributed by atoms with Crippen LogP contribution in [-0.4, -0.2) is 54.1 Å². The molecule has 0 bridgehead atoms. The molecular weight excluding hydrogens is 333 g/mol. The minimum absolute atomic E-state index is 0.203. The first-order valence-corrected chi connectivity index (χ1v) is 8.85. The van der Waals surface area contributed by atoms with E-state index in [4.69, 9.17) is 4.74 Å². The molecule has 1 saturated heterocycles. The van der Waals surface area contributed by atoms with Crippen molar-refractivity contribution in [3.8, 4) is 5.75 Å². The zero-order valence-corrected chi connectivity index (χ0v) is 14.1. The van der Waals surface area contributed by atoms with E-state index < -0.39 is 12.8 Å². The SMILES string of the molecule is OC1CCN([C@H]2CCC[C@H]2NCc2ccc(OCC(F)(F)F)cc2)C1. The maximum atomic E-state index is 12.1. The number of alkyl halides is 3. The van der Waals surface area contributed by atoms with Crippen LogP contribution in [-0.2, 0) is 6.54 Å². The van der Waals surface area contributed by atoms with Crippen LogP contribution in [0.3, 0.4) is 0 Å². The molecule has 0 amide bonds. The standard InChI is InChI=1S/C18H25F3N2O2/c19-18(20,21)12-25-15-6-4-13(5-7-15)10-22-16-2-1-3-17(16)23-9-8-14(24)11-23/h4-7,14,16-17,22,24H,1-3,8-12H2/t14?,16-,17+/m1/s1. The summed E-state index contributed by atoms with van der Waals surface area (Å²) in [5.41, 5.74) is 1.02. The van der Waals surface area contributed by atoms with Gasteiger partial charge in [-0.05, 0) is 37.0 Å². The lowest BCUT2D eigenvalue weighted by Gasteiger charge is -2.30. The highest BCUT2D eigenvalue weighted by atomic mass is 19.4. The van der Waals surface area contributed by atoms with Gasteiger partial charge in [-0.3, -0.25) is 4.90 Å². The number of aliphatic hydroxyl groups excluding tert-OH is 1. The fraction of sp³-hybridized carbons (Fsp3) is 0.667. The molecule has 3 rings (SSSR count). The molecule has 7 heteroatoms. The molecule has 25 heavy (non-hydrogen) atoms. The predicted molar refractivity (Wildman–Crippen MR) is 88.5 cm³/mol. The highest BCUT2D eigenvalue weighted by Gasteiger charge is 2.35. The number of likely N-dealkylation sites (tertiary alicyclic amines) is 1. The summed E-state index contributed by atoms with van der Waals surface area (Å²) >= 11 is 0. The maximum Gasteiger partial charge on any atom is 0.422 e. The molecule has 4 nitrogen and oxygen atoms in total. The molecule has 1 aromatic carbocycles. The number of halogens is 3. The Morgan fingerprint density at radius 1 is 1.16 bits per heavy atom. The van der Waals surface area contributed by atoms with Crippen LogP contribution in [0.15, 0.2) is 24.3 Å². The molecule has 1 saturated carbocycles. The highest BCUT2D eigenvalue weighted by Crippen LogP contribution is 2.27. The quantitative estimate of drug-likeness (QED) is 0.821. The molecule has 0 aromatic heterocycles. The number of ether oxygens (including phenoxy) is 1. The third-order valence-corrected chi connectivity index (χ3v) is 5.04. The Balaban J connectivity index is 1.48. The molecule has 1 unspecified atom stereocenters. The number of aliphatic hydroxyl groups is 1. The summed E-state index contributed by atoms with van der Waals surface area (Å²) < 4.78 is 41.2. The number of β-amino-alcohol motifs (C(OH)–C–C–N with tert-alkyl or cyclic N) is 1. The van der Waals surface area contributed by atoms with E-state index in [0.717, 1.165) is 37.9 Å².